The largest absolute Gasteiger partial charge is 0.497 e. The fourth-order valence-corrected chi connectivity index (χ4v) is 5.31. The van der Waals surface area contributed by atoms with Gasteiger partial charge in [-0.2, -0.15) is 0 Å². The van der Waals surface area contributed by atoms with E-state index in [0.29, 0.717) is 35.6 Å². The Morgan fingerprint density at radius 2 is 2.00 bits per heavy atom. The molecule has 6 nitrogen and oxygen atoms in total. The molecule has 1 N–H and O–H groups in total. The van der Waals surface area contributed by atoms with E-state index in [1.807, 2.05) is 42.6 Å². The van der Waals surface area contributed by atoms with E-state index in [0.717, 1.165) is 17.7 Å². The molecule has 1 aromatic carbocycles. The van der Waals surface area contributed by atoms with Gasteiger partial charge in [-0.3, -0.25) is 4.79 Å². The molecule has 0 radical (unpaired) electrons. The van der Waals surface area contributed by atoms with Gasteiger partial charge in [-0.1, -0.05) is 18.2 Å². The van der Waals surface area contributed by atoms with Crippen LogP contribution in [0.15, 0.2) is 64.3 Å². The maximum atomic E-state index is 13.5. The highest BCUT2D eigenvalue weighted by atomic mass is 32.1. The number of dihydropyridines is 1. The number of nitrogens with one attached hydrogen (secondary N) is 1. The molecule has 7 heteroatoms. The van der Waals surface area contributed by atoms with Crippen LogP contribution in [0.2, 0.25) is 0 Å². The molecule has 2 aliphatic rings. The van der Waals surface area contributed by atoms with E-state index in [1.54, 1.807) is 25.6 Å². The second kappa shape index (κ2) is 9.71. The van der Waals surface area contributed by atoms with Crippen molar-refractivity contribution in [3.05, 3.63) is 74.8 Å². The number of carbonyl (C=O) groups excluding carboxylic acids is 2. The first-order valence-corrected chi connectivity index (χ1v) is 11.5. The molecule has 2 atom stereocenters. The summed E-state index contributed by atoms with van der Waals surface area (Å²) in [5.74, 6) is -0.0807. The molecule has 0 spiro atoms. The zero-order chi connectivity index (χ0) is 22.7. The fraction of sp³-hybridized carbons (Fsp3) is 0.360. The lowest BCUT2D eigenvalue weighted by Gasteiger charge is -2.36. The summed E-state index contributed by atoms with van der Waals surface area (Å²) in [6, 6.07) is 11.6. The molecular formula is C25H27NO5S. The zero-order valence-electron chi connectivity index (χ0n) is 18.5. The molecule has 1 aromatic heterocycles. The first kappa shape index (κ1) is 22.3. The van der Waals surface area contributed by atoms with Crippen LogP contribution in [-0.2, 0) is 19.1 Å². The highest BCUT2D eigenvalue weighted by Gasteiger charge is 2.41. The van der Waals surface area contributed by atoms with Crippen molar-refractivity contribution in [3.8, 4) is 5.75 Å². The number of rotatable bonds is 7. The van der Waals surface area contributed by atoms with Gasteiger partial charge in [-0.05, 0) is 42.5 Å². The van der Waals surface area contributed by atoms with Crippen molar-refractivity contribution in [2.45, 2.75) is 31.6 Å². The van der Waals surface area contributed by atoms with Crippen molar-refractivity contribution in [3.63, 3.8) is 0 Å². The molecule has 0 bridgehead atoms. The molecule has 168 valence electrons. The number of carbonyl (C=O) groups is 2. The summed E-state index contributed by atoms with van der Waals surface area (Å²) < 4.78 is 15.9. The van der Waals surface area contributed by atoms with Gasteiger partial charge in [-0.15, -0.1) is 11.3 Å². The summed E-state index contributed by atoms with van der Waals surface area (Å²) in [6.07, 6.45) is 1.15. The molecule has 1 aliphatic carbocycles. The van der Waals surface area contributed by atoms with E-state index >= 15 is 0 Å². The van der Waals surface area contributed by atoms with Crippen LogP contribution >= 0.6 is 11.3 Å². The number of esters is 1. The monoisotopic (exact) mass is 453 g/mol. The minimum Gasteiger partial charge on any atom is -0.497 e. The van der Waals surface area contributed by atoms with Crippen LogP contribution in [0.4, 0.5) is 0 Å². The van der Waals surface area contributed by atoms with Gasteiger partial charge in [0.1, 0.15) is 12.4 Å². The number of thiophene rings is 1. The second-order valence-electron chi connectivity index (χ2n) is 7.94. The number of ketones is 1. The summed E-state index contributed by atoms with van der Waals surface area (Å²) in [5.41, 5.74) is 3.53. The molecule has 4 rings (SSSR count). The number of hydrogen-bond donors (Lipinski definition) is 1. The van der Waals surface area contributed by atoms with Crippen molar-refractivity contribution in [1.29, 1.82) is 0 Å². The highest BCUT2D eigenvalue weighted by molar-refractivity contribution is 7.10. The predicted octanol–water partition coefficient (Wildman–Crippen LogP) is 4.31. The van der Waals surface area contributed by atoms with Gasteiger partial charge in [0, 0.05) is 47.2 Å². The average Bonchev–Trinajstić information content (AvgIpc) is 3.33. The summed E-state index contributed by atoms with van der Waals surface area (Å²) in [7, 11) is 3.16. The number of Topliss-reactive ketones (excluding diaryl/α,β-unsaturated/α-hetero) is 1. The smallest absolute Gasteiger partial charge is 0.336 e. The summed E-state index contributed by atoms with van der Waals surface area (Å²) in [6.45, 7) is 2.32. The van der Waals surface area contributed by atoms with Crippen LogP contribution in [0.5, 0.6) is 5.75 Å². The van der Waals surface area contributed by atoms with E-state index < -0.39 is 11.9 Å². The lowest BCUT2D eigenvalue weighted by Crippen LogP contribution is -2.36. The Labute approximate surface area is 191 Å². The van der Waals surface area contributed by atoms with Gasteiger partial charge in [0.2, 0.25) is 0 Å². The maximum Gasteiger partial charge on any atom is 0.336 e. The number of allylic oxidation sites excluding steroid dienone is 3. The Kier molecular flexibility index (Phi) is 6.77. The molecule has 0 saturated heterocycles. The molecule has 1 aliphatic heterocycles. The van der Waals surface area contributed by atoms with Crippen LogP contribution in [0.25, 0.3) is 0 Å². The molecule has 2 heterocycles. The van der Waals surface area contributed by atoms with E-state index in [9.17, 15) is 9.59 Å². The molecule has 0 amide bonds. The molecule has 0 saturated carbocycles. The molecule has 0 fully saturated rings. The number of hydrogen-bond acceptors (Lipinski definition) is 7. The minimum atomic E-state index is -0.506. The van der Waals surface area contributed by atoms with Crippen molar-refractivity contribution < 1.29 is 23.8 Å². The Morgan fingerprint density at radius 1 is 1.16 bits per heavy atom. The summed E-state index contributed by atoms with van der Waals surface area (Å²) >= 11 is 1.67. The lowest BCUT2D eigenvalue weighted by molar-refractivity contribution is -0.140. The third-order valence-electron chi connectivity index (χ3n) is 5.94. The van der Waals surface area contributed by atoms with Gasteiger partial charge in [-0.25, -0.2) is 4.79 Å². The van der Waals surface area contributed by atoms with Crippen LogP contribution in [0, 0.1) is 0 Å². The maximum absolute atomic E-state index is 13.5. The molecule has 0 unspecified atom stereocenters. The second-order valence-corrected chi connectivity index (χ2v) is 8.92. The van der Waals surface area contributed by atoms with Gasteiger partial charge >= 0.3 is 5.97 Å². The normalized spacial score (nSPS) is 20.7. The van der Waals surface area contributed by atoms with Crippen LogP contribution < -0.4 is 10.1 Å². The van der Waals surface area contributed by atoms with Crippen LogP contribution in [0.3, 0.4) is 0 Å². The van der Waals surface area contributed by atoms with Gasteiger partial charge in [0.15, 0.2) is 5.78 Å². The predicted molar refractivity (Wildman–Crippen MR) is 123 cm³/mol. The first-order valence-electron chi connectivity index (χ1n) is 10.6. The van der Waals surface area contributed by atoms with Crippen molar-refractivity contribution in [1.82, 2.24) is 5.32 Å². The summed E-state index contributed by atoms with van der Waals surface area (Å²) in [5, 5.41) is 5.41. The molecule has 2 aromatic rings. The van der Waals surface area contributed by atoms with Gasteiger partial charge in [0.05, 0.1) is 19.3 Å². The number of methoxy groups -OCH3 is 2. The minimum absolute atomic E-state index is 0.0552. The quantitative estimate of drug-likeness (QED) is 0.498. The third kappa shape index (κ3) is 4.36. The van der Waals surface area contributed by atoms with E-state index in [4.69, 9.17) is 14.2 Å². The van der Waals surface area contributed by atoms with Gasteiger partial charge in [0.25, 0.3) is 0 Å². The van der Waals surface area contributed by atoms with E-state index in [2.05, 4.69) is 11.4 Å². The van der Waals surface area contributed by atoms with Crippen molar-refractivity contribution in [2.75, 3.05) is 27.4 Å². The Balaban J connectivity index is 1.76. The molecule has 32 heavy (non-hydrogen) atoms. The van der Waals surface area contributed by atoms with E-state index in [1.165, 1.54) is 4.88 Å². The van der Waals surface area contributed by atoms with Crippen molar-refractivity contribution in [2.24, 2.45) is 0 Å². The standard InChI is InChI=1S/C25H27NO5S/c1-15-22(25(28)31-10-9-29-2)23(16-6-4-7-18(12-16)30-3)24-19(26-15)13-17(14-20(24)27)21-8-5-11-32-21/h4-8,11-12,17,23,26H,9-10,13-14H2,1-3H3/t17-,23+/m1/s1. The van der Waals surface area contributed by atoms with Gasteiger partial charge < -0.3 is 19.5 Å². The first-order chi connectivity index (χ1) is 15.5. The SMILES string of the molecule is COCCOC(=O)C1=C(C)NC2=C(C(=O)C[C@H](c3cccs3)C2)[C@H]1c1cccc(OC)c1. The van der Waals surface area contributed by atoms with Crippen LogP contribution in [0.1, 0.15) is 42.0 Å². The Morgan fingerprint density at radius 3 is 2.72 bits per heavy atom. The zero-order valence-corrected chi connectivity index (χ0v) is 19.3. The third-order valence-corrected chi connectivity index (χ3v) is 6.98. The number of benzene rings is 1. The Bertz CT molecular complexity index is 1070. The number of ether oxygens (including phenoxy) is 3. The lowest BCUT2D eigenvalue weighted by atomic mass is 9.72. The highest BCUT2D eigenvalue weighted by Crippen LogP contribution is 2.46. The summed E-state index contributed by atoms with van der Waals surface area (Å²) in [4.78, 5) is 27.8. The fourth-order valence-electron chi connectivity index (χ4n) is 4.48. The molecular weight excluding hydrogens is 426 g/mol. The van der Waals surface area contributed by atoms with E-state index in [-0.39, 0.29) is 18.3 Å². The average molecular weight is 454 g/mol. The Hall–Kier alpha value is -2.90. The van der Waals surface area contributed by atoms with Crippen molar-refractivity contribution >= 4 is 23.1 Å². The van der Waals surface area contributed by atoms with Crippen LogP contribution in [-0.4, -0.2) is 39.2 Å². The topological polar surface area (TPSA) is 73.9 Å².